The van der Waals surface area contributed by atoms with E-state index in [0.29, 0.717) is 46.4 Å². The molecule has 0 amide bonds. The molecule has 2 aromatic carbocycles. The summed E-state index contributed by atoms with van der Waals surface area (Å²) in [5.41, 5.74) is 15.2. The van der Waals surface area contributed by atoms with Crippen LogP contribution in [0.15, 0.2) is 58.4 Å². The molecule has 0 spiro atoms. The number of nitrogens with one attached hydrogen (secondary N) is 1. The maximum absolute atomic E-state index is 15.2. The molecule has 0 saturated carbocycles. The number of H-pyrrole nitrogens is 1. The Bertz CT molecular complexity index is 1750. The number of fused-ring (bicyclic) bond motifs is 1. The number of aliphatic imine (C=N–C) groups is 1. The number of nitrogens with two attached hydrogens (primary N) is 2. The van der Waals surface area contributed by atoms with Gasteiger partial charge in [-0.25, -0.2) is 9.18 Å². The molecule has 4 atom stereocenters. The second kappa shape index (κ2) is 15.6. The summed E-state index contributed by atoms with van der Waals surface area (Å²) in [5.74, 6) is 0.220. The third-order valence-electron chi connectivity index (χ3n) is 9.11. The van der Waals surface area contributed by atoms with E-state index in [4.69, 9.17) is 23.1 Å². The highest BCUT2D eigenvalue weighted by Crippen LogP contribution is 2.37. The van der Waals surface area contributed by atoms with Crippen LogP contribution in [0.5, 0.6) is 0 Å². The maximum atomic E-state index is 15.2. The molecule has 11 heteroatoms. The van der Waals surface area contributed by atoms with Crippen LogP contribution in [0.2, 0.25) is 5.02 Å². The van der Waals surface area contributed by atoms with Crippen molar-refractivity contribution in [1.29, 1.82) is 0 Å². The number of aromatic nitrogens is 3. The molecule has 6 N–H and O–H groups in total. The van der Waals surface area contributed by atoms with E-state index in [1.807, 2.05) is 26.0 Å². The van der Waals surface area contributed by atoms with Crippen LogP contribution >= 0.6 is 11.6 Å². The lowest BCUT2D eigenvalue weighted by atomic mass is 9.88. The molecule has 0 aliphatic carbocycles. The zero-order valence-electron chi connectivity index (χ0n) is 27.6. The normalized spacial score (nSPS) is 18.9. The van der Waals surface area contributed by atoms with E-state index in [1.165, 1.54) is 10.1 Å². The Kier molecular flexibility index (Phi) is 11.5. The quantitative estimate of drug-likeness (QED) is 0.100. The summed E-state index contributed by atoms with van der Waals surface area (Å²) in [7, 11) is 0. The van der Waals surface area contributed by atoms with Crippen LogP contribution < -0.4 is 17.2 Å². The second-order valence-electron chi connectivity index (χ2n) is 13.2. The Labute approximate surface area is 280 Å². The van der Waals surface area contributed by atoms with Crippen molar-refractivity contribution in [2.45, 2.75) is 83.8 Å². The van der Waals surface area contributed by atoms with Crippen molar-refractivity contribution in [2.75, 3.05) is 19.7 Å². The van der Waals surface area contributed by atoms with Gasteiger partial charge in [0.15, 0.2) is 5.82 Å². The fourth-order valence-electron chi connectivity index (χ4n) is 6.68. The van der Waals surface area contributed by atoms with E-state index in [2.05, 4.69) is 38.9 Å². The number of hydrogen-bond acceptors (Lipinski definition) is 6. The highest BCUT2D eigenvalue weighted by Gasteiger charge is 2.32. The summed E-state index contributed by atoms with van der Waals surface area (Å²) >= 11 is 6.28. The number of aryl methyl sites for hydroxylation is 1. The van der Waals surface area contributed by atoms with Crippen molar-refractivity contribution in [3.05, 3.63) is 81.1 Å². The number of likely N-dealkylation sites (tertiary alicyclic amines) is 1. The monoisotopic (exact) mass is 663 g/mol. The van der Waals surface area contributed by atoms with Crippen molar-refractivity contribution < 1.29 is 9.50 Å². The van der Waals surface area contributed by atoms with E-state index in [1.54, 1.807) is 24.4 Å². The van der Waals surface area contributed by atoms with Crippen LogP contribution in [0, 0.1) is 11.7 Å². The summed E-state index contributed by atoms with van der Waals surface area (Å²) in [6.45, 7) is 7.45. The Hall–Kier alpha value is -3.57. The lowest BCUT2D eigenvalue weighted by Crippen LogP contribution is -2.45. The van der Waals surface area contributed by atoms with Gasteiger partial charge in [0.2, 0.25) is 0 Å². The lowest BCUT2D eigenvalue weighted by Gasteiger charge is -2.43. The number of rotatable bonds is 13. The highest BCUT2D eigenvalue weighted by molar-refractivity contribution is 6.31. The van der Waals surface area contributed by atoms with Gasteiger partial charge < -0.3 is 21.6 Å². The first-order valence-corrected chi connectivity index (χ1v) is 17.0. The van der Waals surface area contributed by atoms with Gasteiger partial charge in [-0.3, -0.25) is 14.5 Å². The molecule has 4 aromatic rings. The number of aliphatic hydroxyl groups is 1. The van der Waals surface area contributed by atoms with Crippen molar-refractivity contribution in [3.63, 3.8) is 0 Å². The van der Waals surface area contributed by atoms with Gasteiger partial charge in [-0.1, -0.05) is 30.7 Å². The molecule has 0 unspecified atom stereocenters. The number of amidine groups is 1. The number of piperidine rings is 1. The first kappa shape index (κ1) is 34.8. The number of hydrogen-bond donors (Lipinski definition) is 4. The number of nitrogens with zero attached hydrogens (tertiary/aromatic N) is 4. The molecule has 47 heavy (non-hydrogen) atoms. The maximum Gasteiger partial charge on any atom is 0.354 e. The molecule has 1 saturated heterocycles. The van der Waals surface area contributed by atoms with Gasteiger partial charge in [-0.05, 0) is 106 Å². The minimum atomic E-state index is -0.519. The topological polar surface area (TPSA) is 139 Å². The first-order chi connectivity index (χ1) is 22.5. The first-order valence-electron chi connectivity index (χ1n) is 16.6. The van der Waals surface area contributed by atoms with Gasteiger partial charge in [0.1, 0.15) is 5.65 Å². The third kappa shape index (κ3) is 8.48. The van der Waals surface area contributed by atoms with E-state index in [0.717, 1.165) is 57.1 Å². The van der Waals surface area contributed by atoms with Gasteiger partial charge in [0.05, 0.1) is 22.2 Å². The molecule has 252 valence electrons. The standard InChI is InChI=1S/C36H47ClFN7O2/c1-22(21-46)19-44-28(14-15-41-24(3)40)8-5-9-33(44)26-10-12-29(13-11-26)45-20-27-18-32(42-35(27)43-36(45)47)30-16-25(7-4-6-23(2)39)17-31(37)34(30)38/h10-13,16-18,20,22-23,28,33,46H,4-9,14-15,19,21,39H2,1-3H3,(H2,40,41)(H,42,43,47)/t22-,23+,28+,33+/m1/s1. The summed E-state index contributed by atoms with van der Waals surface area (Å²) in [5, 5.41) is 10.6. The number of halogens is 2. The molecule has 2 aromatic heterocycles. The number of aromatic amines is 1. The van der Waals surface area contributed by atoms with Crippen LogP contribution in [-0.4, -0.2) is 62.2 Å². The van der Waals surface area contributed by atoms with E-state index in [9.17, 15) is 9.90 Å². The van der Waals surface area contributed by atoms with Crippen LogP contribution in [0.25, 0.3) is 28.0 Å². The molecule has 0 bridgehead atoms. The van der Waals surface area contributed by atoms with Gasteiger partial charge in [-0.2, -0.15) is 4.98 Å². The van der Waals surface area contributed by atoms with Crippen molar-refractivity contribution in [2.24, 2.45) is 22.4 Å². The van der Waals surface area contributed by atoms with Crippen molar-refractivity contribution in [3.8, 4) is 16.9 Å². The van der Waals surface area contributed by atoms with E-state index < -0.39 is 11.5 Å². The van der Waals surface area contributed by atoms with Crippen molar-refractivity contribution >= 4 is 28.5 Å². The Morgan fingerprint density at radius 3 is 2.68 bits per heavy atom. The fourth-order valence-corrected chi connectivity index (χ4v) is 6.92. The lowest BCUT2D eigenvalue weighted by molar-refractivity contribution is 0.0519. The Balaban J connectivity index is 1.40. The zero-order chi connectivity index (χ0) is 33.7. The number of benzene rings is 2. The van der Waals surface area contributed by atoms with E-state index in [-0.39, 0.29) is 29.6 Å². The Morgan fingerprint density at radius 2 is 1.98 bits per heavy atom. The third-order valence-corrected chi connectivity index (χ3v) is 9.38. The van der Waals surface area contributed by atoms with Gasteiger partial charge >= 0.3 is 5.69 Å². The molecule has 0 radical (unpaired) electrons. The minimum Gasteiger partial charge on any atom is -0.396 e. The minimum absolute atomic E-state index is 0.0532. The predicted molar refractivity (Wildman–Crippen MR) is 189 cm³/mol. The van der Waals surface area contributed by atoms with Crippen LogP contribution in [-0.2, 0) is 6.42 Å². The molecule has 9 nitrogen and oxygen atoms in total. The predicted octanol–water partition coefficient (Wildman–Crippen LogP) is 6.13. The summed E-state index contributed by atoms with van der Waals surface area (Å²) in [6.07, 6.45) is 8.31. The molecule has 3 heterocycles. The summed E-state index contributed by atoms with van der Waals surface area (Å²) in [4.78, 5) is 27.5. The fraction of sp³-hybridized carbons (Fsp3) is 0.472. The average Bonchev–Trinajstić information content (AvgIpc) is 3.45. The SMILES string of the molecule is CC(N)=NCC[C@@H]1CCC[C@@H](c2ccc(-n3cc4cc(-c5cc(CCC[C@H](C)N)cc(Cl)c5F)[nH]c4nc3=O)cc2)N1C[C@@H](C)CO. The molecular weight excluding hydrogens is 617 g/mol. The largest absolute Gasteiger partial charge is 0.396 e. The summed E-state index contributed by atoms with van der Waals surface area (Å²) < 4.78 is 16.7. The molecular formula is C36H47ClFN7O2. The van der Waals surface area contributed by atoms with Gasteiger partial charge in [0.25, 0.3) is 0 Å². The molecule has 1 aliphatic heterocycles. The molecule has 1 aliphatic rings. The van der Waals surface area contributed by atoms with Crippen LogP contribution in [0.3, 0.4) is 0 Å². The van der Waals surface area contributed by atoms with E-state index >= 15 is 4.39 Å². The van der Waals surface area contributed by atoms with Gasteiger partial charge in [-0.15, -0.1) is 0 Å². The van der Waals surface area contributed by atoms with Crippen molar-refractivity contribution in [1.82, 2.24) is 19.4 Å². The van der Waals surface area contributed by atoms with Crippen LogP contribution in [0.1, 0.15) is 76.5 Å². The highest BCUT2D eigenvalue weighted by atomic mass is 35.5. The Morgan fingerprint density at radius 1 is 1.21 bits per heavy atom. The second-order valence-corrected chi connectivity index (χ2v) is 13.6. The zero-order valence-corrected chi connectivity index (χ0v) is 28.3. The van der Waals surface area contributed by atoms with Gasteiger partial charge in [0, 0.05) is 55.0 Å². The number of aliphatic hydroxyl groups excluding tert-OH is 1. The molecule has 5 rings (SSSR count). The average molecular weight is 664 g/mol. The molecule has 1 fully saturated rings. The smallest absolute Gasteiger partial charge is 0.354 e. The van der Waals surface area contributed by atoms with Crippen LogP contribution in [0.4, 0.5) is 4.39 Å². The summed E-state index contributed by atoms with van der Waals surface area (Å²) in [6, 6.07) is 13.9.